The minimum Gasteiger partial charge on any atom is -0.478 e. The van der Waals surface area contributed by atoms with Gasteiger partial charge in [-0.25, -0.2) is 4.79 Å². The van der Waals surface area contributed by atoms with Crippen molar-refractivity contribution in [3.8, 4) is 0 Å². The van der Waals surface area contributed by atoms with Crippen LogP contribution >= 0.6 is 0 Å². The fourth-order valence-corrected chi connectivity index (χ4v) is 6.41. The van der Waals surface area contributed by atoms with E-state index in [0.29, 0.717) is 29.7 Å². The van der Waals surface area contributed by atoms with E-state index in [1.807, 2.05) is 6.08 Å². The average Bonchev–Trinajstić information content (AvgIpc) is 2.98. The highest BCUT2D eigenvalue weighted by atomic mass is 16.4. The first-order valence-electron chi connectivity index (χ1n) is 9.11. The van der Waals surface area contributed by atoms with Crippen molar-refractivity contribution >= 4 is 12.3 Å². The van der Waals surface area contributed by atoms with Gasteiger partial charge in [0.25, 0.3) is 0 Å². The van der Waals surface area contributed by atoms with Gasteiger partial charge in [-0.1, -0.05) is 19.4 Å². The molecule has 0 aromatic carbocycles. The highest BCUT2D eigenvalue weighted by molar-refractivity contribution is 5.87. The van der Waals surface area contributed by atoms with Crippen LogP contribution in [-0.4, -0.2) is 17.4 Å². The topological polar surface area (TPSA) is 54.4 Å². The summed E-state index contributed by atoms with van der Waals surface area (Å²) < 4.78 is 0. The summed E-state index contributed by atoms with van der Waals surface area (Å²) in [5.41, 5.74) is 1.88. The van der Waals surface area contributed by atoms with Crippen LogP contribution < -0.4 is 0 Å². The van der Waals surface area contributed by atoms with Crippen LogP contribution in [0.1, 0.15) is 58.3 Å². The lowest BCUT2D eigenvalue weighted by Gasteiger charge is -2.55. The molecule has 124 valence electrons. The number of fused-ring (bicyclic) bond motifs is 5. The van der Waals surface area contributed by atoms with E-state index in [4.69, 9.17) is 0 Å². The standard InChI is InChI=1S/C20H26O3/c1-19-9-6-13(18(22)23)11-14(19)4-5-15-16(19)7-10-20(12-21)8-2-3-17(15)20/h4,11-12,15-17H,2-3,5-10H2,1H3,(H,22,23)/t15-,16+,17+,19+,20+/m1/s1. The van der Waals surface area contributed by atoms with Gasteiger partial charge < -0.3 is 9.90 Å². The molecule has 0 aliphatic heterocycles. The molecule has 4 rings (SSSR count). The van der Waals surface area contributed by atoms with Crippen molar-refractivity contribution in [2.45, 2.75) is 58.3 Å². The lowest BCUT2D eigenvalue weighted by atomic mass is 9.48. The molecule has 2 fully saturated rings. The lowest BCUT2D eigenvalue weighted by Crippen LogP contribution is -2.49. The van der Waals surface area contributed by atoms with Crippen molar-refractivity contribution in [3.05, 3.63) is 23.3 Å². The van der Waals surface area contributed by atoms with Crippen LogP contribution in [-0.2, 0) is 9.59 Å². The number of aliphatic carboxylic acids is 1. The number of aldehydes is 1. The number of carbonyl (C=O) groups is 2. The largest absolute Gasteiger partial charge is 0.478 e. The highest BCUT2D eigenvalue weighted by Crippen LogP contribution is 2.64. The molecular weight excluding hydrogens is 288 g/mol. The van der Waals surface area contributed by atoms with Crippen molar-refractivity contribution in [2.24, 2.45) is 28.6 Å². The number of carboxylic acids is 1. The monoisotopic (exact) mass is 314 g/mol. The van der Waals surface area contributed by atoms with E-state index in [9.17, 15) is 14.7 Å². The first-order chi connectivity index (χ1) is 11.0. The molecule has 3 heteroatoms. The van der Waals surface area contributed by atoms with Gasteiger partial charge >= 0.3 is 5.97 Å². The van der Waals surface area contributed by atoms with Crippen molar-refractivity contribution < 1.29 is 14.7 Å². The lowest BCUT2D eigenvalue weighted by molar-refractivity contribution is -0.133. The Morgan fingerprint density at radius 3 is 2.83 bits per heavy atom. The summed E-state index contributed by atoms with van der Waals surface area (Å²) in [6.07, 6.45) is 13.8. The second-order valence-corrected chi connectivity index (χ2v) is 8.45. The summed E-state index contributed by atoms with van der Waals surface area (Å²) in [6, 6.07) is 0. The molecule has 4 aliphatic carbocycles. The van der Waals surface area contributed by atoms with Crippen LogP contribution in [0, 0.1) is 28.6 Å². The molecule has 0 aromatic rings. The maximum Gasteiger partial charge on any atom is 0.331 e. The van der Waals surface area contributed by atoms with Crippen LogP contribution in [0.25, 0.3) is 0 Å². The van der Waals surface area contributed by atoms with Gasteiger partial charge in [-0.15, -0.1) is 0 Å². The van der Waals surface area contributed by atoms with Crippen LogP contribution in [0.4, 0.5) is 0 Å². The van der Waals surface area contributed by atoms with Crippen molar-refractivity contribution in [1.82, 2.24) is 0 Å². The zero-order chi connectivity index (χ0) is 16.2. The molecule has 0 aromatic heterocycles. The fourth-order valence-electron chi connectivity index (χ4n) is 6.41. The fraction of sp³-hybridized carbons (Fsp3) is 0.700. The van der Waals surface area contributed by atoms with E-state index >= 15 is 0 Å². The smallest absolute Gasteiger partial charge is 0.331 e. The molecule has 0 unspecified atom stereocenters. The molecule has 0 radical (unpaired) electrons. The third-order valence-corrected chi connectivity index (χ3v) is 7.69. The Labute approximate surface area is 137 Å². The van der Waals surface area contributed by atoms with Gasteiger partial charge in [0.2, 0.25) is 0 Å². The third kappa shape index (κ3) is 2.01. The zero-order valence-corrected chi connectivity index (χ0v) is 13.9. The number of rotatable bonds is 2. The van der Waals surface area contributed by atoms with E-state index in [0.717, 1.165) is 32.1 Å². The number of carbonyl (C=O) groups excluding carboxylic acids is 1. The maximum absolute atomic E-state index is 11.8. The average molecular weight is 314 g/mol. The molecule has 23 heavy (non-hydrogen) atoms. The summed E-state index contributed by atoms with van der Waals surface area (Å²) in [5.74, 6) is 1.02. The molecule has 0 heterocycles. The molecule has 0 saturated heterocycles. The van der Waals surface area contributed by atoms with Gasteiger partial charge in [-0.3, -0.25) is 0 Å². The van der Waals surface area contributed by atoms with Gasteiger partial charge in [0.1, 0.15) is 6.29 Å². The number of hydrogen-bond acceptors (Lipinski definition) is 2. The molecule has 3 nitrogen and oxygen atoms in total. The van der Waals surface area contributed by atoms with E-state index in [1.165, 1.54) is 24.7 Å². The minimum atomic E-state index is -0.769. The molecule has 1 N–H and O–H groups in total. The van der Waals surface area contributed by atoms with Crippen molar-refractivity contribution in [3.63, 3.8) is 0 Å². The minimum absolute atomic E-state index is 0.0421. The Balaban J connectivity index is 1.71. The molecule has 5 atom stereocenters. The van der Waals surface area contributed by atoms with E-state index in [-0.39, 0.29) is 10.8 Å². The SMILES string of the molecule is C[C@]12CCC(C(=O)O)=CC1=CC[C@H]1[C@@H]3CCC[C@@]3(C=O)CC[C@@H]12. The maximum atomic E-state index is 11.8. The molecule has 0 amide bonds. The van der Waals surface area contributed by atoms with Crippen LogP contribution in [0.5, 0.6) is 0 Å². The Bertz CT molecular complexity index is 616. The molecule has 0 spiro atoms. The Morgan fingerprint density at radius 2 is 2.09 bits per heavy atom. The van der Waals surface area contributed by atoms with E-state index in [2.05, 4.69) is 13.0 Å². The summed E-state index contributed by atoms with van der Waals surface area (Å²) in [4.78, 5) is 23.1. The highest BCUT2D eigenvalue weighted by Gasteiger charge is 2.57. The summed E-state index contributed by atoms with van der Waals surface area (Å²) >= 11 is 0. The normalized spacial score (nSPS) is 45.2. The van der Waals surface area contributed by atoms with E-state index in [1.54, 1.807) is 0 Å². The van der Waals surface area contributed by atoms with Gasteiger partial charge in [-0.05, 0) is 79.8 Å². The Hall–Kier alpha value is -1.38. The van der Waals surface area contributed by atoms with Crippen molar-refractivity contribution in [2.75, 3.05) is 0 Å². The number of allylic oxidation sites excluding steroid dienone is 3. The Morgan fingerprint density at radius 1 is 1.26 bits per heavy atom. The summed E-state index contributed by atoms with van der Waals surface area (Å²) in [6.45, 7) is 2.34. The zero-order valence-electron chi connectivity index (χ0n) is 13.9. The van der Waals surface area contributed by atoms with Gasteiger partial charge in [-0.2, -0.15) is 0 Å². The van der Waals surface area contributed by atoms with Crippen LogP contribution in [0.15, 0.2) is 23.3 Å². The van der Waals surface area contributed by atoms with Crippen LogP contribution in [0.3, 0.4) is 0 Å². The second kappa shape index (κ2) is 5.06. The number of carboxylic acid groups (broad SMARTS) is 1. The van der Waals surface area contributed by atoms with Gasteiger partial charge in [0, 0.05) is 11.0 Å². The van der Waals surface area contributed by atoms with Gasteiger partial charge in [0.05, 0.1) is 0 Å². The Kier molecular flexibility index (Phi) is 3.33. The van der Waals surface area contributed by atoms with Gasteiger partial charge in [0.15, 0.2) is 0 Å². The van der Waals surface area contributed by atoms with Crippen LogP contribution in [0.2, 0.25) is 0 Å². The molecular formula is C20H26O3. The molecule has 2 saturated carbocycles. The summed E-state index contributed by atoms with van der Waals surface area (Å²) in [7, 11) is 0. The van der Waals surface area contributed by atoms with Crippen molar-refractivity contribution in [1.29, 1.82) is 0 Å². The quantitative estimate of drug-likeness (QED) is 0.779. The number of hydrogen-bond donors (Lipinski definition) is 1. The first-order valence-corrected chi connectivity index (χ1v) is 9.11. The molecule has 4 aliphatic rings. The third-order valence-electron chi connectivity index (χ3n) is 7.69. The predicted octanol–water partition coefficient (Wildman–Crippen LogP) is 4.14. The second-order valence-electron chi connectivity index (χ2n) is 8.45. The predicted molar refractivity (Wildman–Crippen MR) is 87.8 cm³/mol. The first kappa shape index (κ1) is 15.2. The van der Waals surface area contributed by atoms with E-state index < -0.39 is 5.97 Å². The molecule has 0 bridgehead atoms. The summed E-state index contributed by atoms with van der Waals surface area (Å²) in [5, 5.41) is 9.30.